The maximum Gasteiger partial charge on any atom is 0.574 e. The van der Waals surface area contributed by atoms with Crippen LogP contribution in [-0.4, -0.2) is 29.5 Å². The molecular weight excluding hydrogens is 257 g/mol. The Bertz CT molecular complexity index is 462. The largest absolute Gasteiger partial charge is 0.574 e. The molecule has 18 heavy (non-hydrogen) atoms. The minimum absolute atomic E-state index is 0.0360. The lowest BCUT2D eigenvalue weighted by Gasteiger charge is -2.14. The second-order valence-corrected chi connectivity index (χ2v) is 3.05. The fourth-order valence-corrected chi connectivity index (χ4v) is 1.27. The number of aromatic nitrogens is 1. The molecule has 0 aliphatic rings. The molecule has 0 bridgehead atoms. The van der Waals surface area contributed by atoms with Gasteiger partial charge in [-0.25, -0.2) is 9.78 Å². The summed E-state index contributed by atoms with van der Waals surface area (Å²) in [5, 5.41) is 8.93. The molecule has 0 spiro atoms. The number of aromatic carboxylic acids is 1. The molecule has 0 atom stereocenters. The molecule has 0 aromatic carbocycles. The van der Waals surface area contributed by atoms with E-state index in [2.05, 4.69) is 14.5 Å². The Labute approximate surface area is 99.1 Å². The molecule has 0 saturated carbocycles. The number of hydrogen-bond donors (Lipinski definition) is 2. The van der Waals surface area contributed by atoms with E-state index in [4.69, 9.17) is 10.8 Å². The fraction of sp³-hybridized carbons (Fsp3) is 0.333. The number of carboxylic acid groups (broad SMARTS) is 1. The van der Waals surface area contributed by atoms with Crippen molar-refractivity contribution in [3.63, 3.8) is 0 Å². The highest BCUT2D eigenvalue weighted by Gasteiger charge is 2.35. The van der Waals surface area contributed by atoms with Crippen molar-refractivity contribution in [1.29, 1.82) is 0 Å². The number of rotatable bonds is 4. The second-order valence-electron chi connectivity index (χ2n) is 3.05. The summed E-state index contributed by atoms with van der Waals surface area (Å²) < 4.78 is 44.4. The zero-order chi connectivity index (χ0) is 13.9. The highest BCUT2D eigenvalue weighted by atomic mass is 19.4. The van der Waals surface area contributed by atoms with E-state index >= 15 is 0 Å². The number of methoxy groups -OCH3 is 1. The molecule has 0 radical (unpaired) electrons. The molecule has 1 aromatic heterocycles. The molecule has 0 fully saturated rings. The van der Waals surface area contributed by atoms with Crippen molar-refractivity contribution in [3.05, 3.63) is 17.3 Å². The van der Waals surface area contributed by atoms with Gasteiger partial charge in [-0.15, -0.1) is 13.2 Å². The molecule has 100 valence electrons. The molecular formula is C9H9F3N2O4. The van der Waals surface area contributed by atoms with Crippen molar-refractivity contribution in [2.24, 2.45) is 5.73 Å². The third-order valence-corrected chi connectivity index (χ3v) is 1.93. The quantitative estimate of drug-likeness (QED) is 0.848. The van der Waals surface area contributed by atoms with Crippen LogP contribution < -0.4 is 15.2 Å². The Morgan fingerprint density at radius 2 is 2.17 bits per heavy atom. The van der Waals surface area contributed by atoms with Crippen LogP contribution >= 0.6 is 0 Å². The van der Waals surface area contributed by atoms with E-state index in [1.807, 2.05) is 0 Å². The van der Waals surface area contributed by atoms with Crippen LogP contribution in [0.4, 0.5) is 13.2 Å². The van der Waals surface area contributed by atoms with Crippen molar-refractivity contribution in [1.82, 2.24) is 4.98 Å². The average Bonchev–Trinajstić information content (AvgIpc) is 2.26. The summed E-state index contributed by atoms with van der Waals surface area (Å²) >= 11 is 0. The standard InChI is InChI=1S/C9H9F3N2O4/c1-17-6-5(8(15)16)4(2-13)3-14-7(6)18-9(10,11)12/h3H,2,13H2,1H3,(H,15,16). The second kappa shape index (κ2) is 5.08. The Hall–Kier alpha value is -2.03. The van der Waals surface area contributed by atoms with Crippen LogP contribution in [0.25, 0.3) is 0 Å². The SMILES string of the molecule is COc1c(OC(F)(F)F)ncc(CN)c1C(=O)O. The van der Waals surface area contributed by atoms with Crippen LogP contribution in [0.5, 0.6) is 11.6 Å². The van der Waals surface area contributed by atoms with Gasteiger partial charge in [0.1, 0.15) is 5.56 Å². The van der Waals surface area contributed by atoms with Gasteiger partial charge in [0.25, 0.3) is 5.88 Å². The van der Waals surface area contributed by atoms with Gasteiger partial charge >= 0.3 is 12.3 Å². The van der Waals surface area contributed by atoms with Crippen molar-refractivity contribution in [2.45, 2.75) is 12.9 Å². The third-order valence-electron chi connectivity index (χ3n) is 1.93. The van der Waals surface area contributed by atoms with E-state index in [-0.39, 0.29) is 12.1 Å². The number of halogens is 3. The first-order chi connectivity index (χ1) is 8.30. The third kappa shape index (κ3) is 3.00. The zero-order valence-electron chi connectivity index (χ0n) is 9.11. The van der Waals surface area contributed by atoms with Gasteiger partial charge in [0, 0.05) is 18.3 Å². The molecule has 1 rings (SSSR count). The van der Waals surface area contributed by atoms with E-state index < -0.39 is 29.5 Å². The first-order valence-electron chi connectivity index (χ1n) is 4.55. The number of nitrogens with zero attached hydrogens (tertiary/aromatic N) is 1. The molecule has 3 N–H and O–H groups in total. The van der Waals surface area contributed by atoms with Crippen molar-refractivity contribution in [3.8, 4) is 11.6 Å². The molecule has 0 amide bonds. The normalized spacial score (nSPS) is 11.2. The Morgan fingerprint density at radius 1 is 1.56 bits per heavy atom. The first kappa shape index (κ1) is 14.0. The summed E-state index contributed by atoms with van der Waals surface area (Å²) in [6.07, 6.45) is -4.10. The van der Waals surface area contributed by atoms with E-state index in [9.17, 15) is 18.0 Å². The minimum Gasteiger partial charge on any atom is -0.491 e. The van der Waals surface area contributed by atoms with Crippen LogP contribution in [0.2, 0.25) is 0 Å². The highest BCUT2D eigenvalue weighted by Crippen LogP contribution is 2.34. The Morgan fingerprint density at radius 3 is 2.56 bits per heavy atom. The lowest BCUT2D eigenvalue weighted by molar-refractivity contribution is -0.276. The van der Waals surface area contributed by atoms with Crippen molar-refractivity contribution in [2.75, 3.05) is 7.11 Å². The van der Waals surface area contributed by atoms with Crippen LogP contribution in [0.1, 0.15) is 15.9 Å². The molecule has 9 heteroatoms. The van der Waals surface area contributed by atoms with Crippen LogP contribution in [0, 0.1) is 0 Å². The maximum absolute atomic E-state index is 12.1. The summed E-state index contributed by atoms with van der Waals surface area (Å²) in [7, 11) is 1.01. The molecule has 6 nitrogen and oxygen atoms in total. The van der Waals surface area contributed by atoms with Gasteiger partial charge in [0.05, 0.1) is 7.11 Å². The van der Waals surface area contributed by atoms with Gasteiger partial charge < -0.3 is 20.3 Å². The van der Waals surface area contributed by atoms with E-state index in [0.29, 0.717) is 0 Å². The zero-order valence-corrected chi connectivity index (χ0v) is 9.11. The predicted molar refractivity (Wildman–Crippen MR) is 52.3 cm³/mol. The summed E-state index contributed by atoms with van der Waals surface area (Å²) in [5.41, 5.74) is 4.80. The monoisotopic (exact) mass is 266 g/mol. The number of hydrogen-bond acceptors (Lipinski definition) is 5. The predicted octanol–water partition coefficient (Wildman–Crippen LogP) is 1.15. The average molecular weight is 266 g/mol. The molecule has 1 aromatic rings. The highest BCUT2D eigenvalue weighted by molar-refractivity contribution is 5.93. The van der Waals surface area contributed by atoms with Crippen LogP contribution in [0.3, 0.4) is 0 Å². The van der Waals surface area contributed by atoms with Gasteiger partial charge in [-0.1, -0.05) is 0 Å². The molecule has 1 heterocycles. The van der Waals surface area contributed by atoms with Crippen LogP contribution in [0.15, 0.2) is 6.20 Å². The first-order valence-corrected chi connectivity index (χ1v) is 4.55. The number of ether oxygens (including phenoxy) is 2. The summed E-state index contributed by atoms with van der Waals surface area (Å²) in [4.78, 5) is 14.3. The Balaban J connectivity index is 3.38. The number of carboxylic acids is 1. The molecule has 0 aliphatic carbocycles. The van der Waals surface area contributed by atoms with Crippen molar-refractivity contribution < 1.29 is 32.5 Å². The summed E-state index contributed by atoms with van der Waals surface area (Å²) in [5.74, 6) is -3.08. The van der Waals surface area contributed by atoms with Gasteiger partial charge in [0.2, 0.25) is 0 Å². The van der Waals surface area contributed by atoms with Gasteiger partial charge in [-0.2, -0.15) is 0 Å². The van der Waals surface area contributed by atoms with Gasteiger partial charge in [-0.3, -0.25) is 0 Å². The van der Waals surface area contributed by atoms with Crippen LogP contribution in [-0.2, 0) is 6.54 Å². The molecule has 0 unspecified atom stereocenters. The lowest BCUT2D eigenvalue weighted by Crippen LogP contribution is -2.20. The summed E-state index contributed by atoms with van der Waals surface area (Å²) in [6.45, 7) is -0.211. The summed E-state index contributed by atoms with van der Waals surface area (Å²) in [6, 6.07) is 0. The number of nitrogens with two attached hydrogens (primary N) is 1. The number of carbonyl (C=O) groups is 1. The molecule has 0 aliphatic heterocycles. The van der Waals surface area contributed by atoms with E-state index in [0.717, 1.165) is 13.3 Å². The lowest BCUT2D eigenvalue weighted by atomic mass is 10.1. The minimum atomic E-state index is -5.00. The fourth-order valence-electron chi connectivity index (χ4n) is 1.27. The Kier molecular flexibility index (Phi) is 3.96. The smallest absolute Gasteiger partial charge is 0.491 e. The maximum atomic E-state index is 12.1. The number of alkyl halides is 3. The topological polar surface area (TPSA) is 94.7 Å². The van der Waals surface area contributed by atoms with Crippen molar-refractivity contribution >= 4 is 5.97 Å². The van der Waals surface area contributed by atoms with E-state index in [1.54, 1.807) is 0 Å². The van der Waals surface area contributed by atoms with Gasteiger partial charge in [-0.05, 0) is 0 Å². The van der Waals surface area contributed by atoms with E-state index in [1.165, 1.54) is 0 Å². The molecule has 0 saturated heterocycles. The van der Waals surface area contributed by atoms with Gasteiger partial charge in [0.15, 0.2) is 5.75 Å². The number of pyridine rings is 1.